The van der Waals surface area contributed by atoms with Crippen molar-refractivity contribution in [3.63, 3.8) is 0 Å². The predicted molar refractivity (Wildman–Crippen MR) is 119 cm³/mol. The van der Waals surface area contributed by atoms with Gasteiger partial charge >= 0.3 is 6.18 Å². The number of pyridine rings is 1. The van der Waals surface area contributed by atoms with E-state index in [-0.39, 0.29) is 11.0 Å². The van der Waals surface area contributed by atoms with E-state index in [1.54, 1.807) is 24.4 Å². The molecule has 1 aromatic heterocycles. The molecule has 1 fully saturated rings. The highest BCUT2D eigenvalue weighted by Crippen LogP contribution is 2.38. The van der Waals surface area contributed by atoms with Crippen LogP contribution in [0.3, 0.4) is 0 Å². The van der Waals surface area contributed by atoms with Crippen LogP contribution in [0.4, 0.5) is 18.9 Å². The van der Waals surface area contributed by atoms with E-state index in [4.69, 9.17) is 12.2 Å². The first-order chi connectivity index (χ1) is 14.8. The maximum atomic E-state index is 13.3. The number of aromatic nitrogens is 1. The fourth-order valence-corrected chi connectivity index (χ4v) is 4.17. The summed E-state index contributed by atoms with van der Waals surface area (Å²) in [5.41, 5.74) is 0.679. The van der Waals surface area contributed by atoms with Crippen molar-refractivity contribution >= 4 is 28.9 Å². The van der Waals surface area contributed by atoms with Crippen molar-refractivity contribution < 1.29 is 18.0 Å². The molecule has 31 heavy (non-hydrogen) atoms. The number of nitrogens with one attached hydrogen (secondary N) is 2. The summed E-state index contributed by atoms with van der Waals surface area (Å²) < 4.78 is 40.0. The Kier molecular flexibility index (Phi) is 8.01. The summed E-state index contributed by atoms with van der Waals surface area (Å²) in [4.78, 5) is 16.2. The molecule has 4 nitrogen and oxygen atoms in total. The molecule has 1 heterocycles. The molecule has 0 unspecified atom stereocenters. The van der Waals surface area contributed by atoms with Gasteiger partial charge in [-0.25, -0.2) is 0 Å². The molecule has 0 atom stereocenters. The number of nitrogens with zero attached hydrogens (tertiary/aromatic N) is 1. The normalized spacial score (nSPS) is 16.0. The van der Waals surface area contributed by atoms with E-state index in [0.717, 1.165) is 56.2 Å². The van der Waals surface area contributed by atoms with Gasteiger partial charge in [-0.15, -0.1) is 0 Å². The molecular formula is C23H26F3N3OS. The van der Waals surface area contributed by atoms with E-state index in [1.165, 1.54) is 19.0 Å². The van der Waals surface area contributed by atoms with E-state index >= 15 is 0 Å². The number of hydrogen-bond acceptors (Lipinski definition) is 3. The number of halogens is 3. The number of carbonyl (C=O) groups excluding carboxylic acids is 1. The predicted octanol–water partition coefficient (Wildman–Crippen LogP) is 6.45. The highest BCUT2D eigenvalue weighted by molar-refractivity contribution is 7.80. The van der Waals surface area contributed by atoms with Gasteiger partial charge in [0.05, 0.1) is 11.1 Å². The Morgan fingerprint density at radius 1 is 1.03 bits per heavy atom. The third-order valence-corrected chi connectivity index (χ3v) is 5.78. The van der Waals surface area contributed by atoms with Crippen molar-refractivity contribution in [1.82, 2.24) is 10.3 Å². The summed E-state index contributed by atoms with van der Waals surface area (Å²) in [6.45, 7) is 0. The zero-order valence-electron chi connectivity index (χ0n) is 17.2. The lowest BCUT2D eigenvalue weighted by Gasteiger charge is -2.22. The monoisotopic (exact) mass is 449 g/mol. The lowest BCUT2D eigenvalue weighted by Crippen LogP contribution is -2.34. The Morgan fingerprint density at radius 2 is 1.71 bits per heavy atom. The SMILES string of the molecule is O=C(NC(=S)Nc1cc(C(F)(F)F)ccc1C1CCCCCCCC1)c1cccnc1. The minimum Gasteiger partial charge on any atom is -0.332 e. The highest BCUT2D eigenvalue weighted by Gasteiger charge is 2.32. The maximum Gasteiger partial charge on any atom is 0.416 e. The molecule has 2 aromatic rings. The van der Waals surface area contributed by atoms with Gasteiger partial charge in [0.2, 0.25) is 0 Å². The molecule has 2 N–H and O–H groups in total. The highest BCUT2D eigenvalue weighted by atomic mass is 32.1. The molecule has 1 amide bonds. The first-order valence-corrected chi connectivity index (χ1v) is 11.0. The van der Waals surface area contributed by atoms with Gasteiger partial charge in [-0.1, -0.05) is 44.6 Å². The van der Waals surface area contributed by atoms with E-state index in [2.05, 4.69) is 15.6 Å². The van der Waals surface area contributed by atoms with Crippen molar-refractivity contribution in [1.29, 1.82) is 0 Å². The van der Waals surface area contributed by atoms with E-state index in [9.17, 15) is 18.0 Å². The number of carbonyl (C=O) groups is 1. The smallest absolute Gasteiger partial charge is 0.332 e. The van der Waals surface area contributed by atoms with Crippen LogP contribution in [0.5, 0.6) is 0 Å². The van der Waals surface area contributed by atoms with Crippen LogP contribution in [-0.2, 0) is 6.18 Å². The number of amides is 1. The largest absolute Gasteiger partial charge is 0.416 e. The molecule has 1 aliphatic rings. The van der Waals surface area contributed by atoms with Crippen LogP contribution in [-0.4, -0.2) is 16.0 Å². The molecule has 0 spiro atoms. The van der Waals surface area contributed by atoms with Crippen molar-refractivity contribution in [3.05, 3.63) is 59.4 Å². The van der Waals surface area contributed by atoms with E-state index in [1.807, 2.05) is 0 Å². The molecular weight excluding hydrogens is 423 g/mol. The van der Waals surface area contributed by atoms with Gasteiger partial charge in [0, 0.05) is 18.1 Å². The third-order valence-electron chi connectivity index (χ3n) is 5.57. The summed E-state index contributed by atoms with van der Waals surface area (Å²) in [5, 5.41) is 5.33. The third kappa shape index (κ3) is 6.75. The molecule has 8 heteroatoms. The summed E-state index contributed by atoms with van der Waals surface area (Å²) in [7, 11) is 0. The zero-order valence-corrected chi connectivity index (χ0v) is 18.0. The standard InChI is InChI=1S/C23H26F3N3OS/c24-23(25,26)18-11-12-19(16-8-5-3-1-2-4-6-9-16)20(14-18)28-22(31)29-21(30)17-10-7-13-27-15-17/h7,10-16H,1-6,8-9H2,(H2,28,29,30,31). The molecule has 1 saturated carbocycles. The molecule has 3 rings (SSSR count). The number of alkyl halides is 3. The van der Waals surface area contributed by atoms with Crippen LogP contribution in [0.2, 0.25) is 0 Å². The summed E-state index contributed by atoms with van der Waals surface area (Å²) in [6.07, 6.45) is 7.10. The number of rotatable bonds is 3. The second-order valence-corrected chi connectivity index (χ2v) is 8.25. The van der Waals surface area contributed by atoms with Crippen molar-refractivity contribution in [3.8, 4) is 0 Å². The second-order valence-electron chi connectivity index (χ2n) is 7.85. The fraction of sp³-hybridized carbons (Fsp3) is 0.435. The van der Waals surface area contributed by atoms with Gasteiger partial charge < -0.3 is 5.32 Å². The van der Waals surface area contributed by atoms with Crippen molar-refractivity contribution in [2.45, 2.75) is 63.5 Å². The van der Waals surface area contributed by atoms with Crippen LogP contribution in [0.25, 0.3) is 0 Å². The average Bonchev–Trinajstić information content (AvgIpc) is 2.87. The second kappa shape index (κ2) is 10.7. The molecule has 1 aliphatic carbocycles. The van der Waals surface area contributed by atoms with E-state index in [0.29, 0.717) is 11.3 Å². The number of thiocarbonyl (C=S) groups is 1. The minimum absolute atomic E-state index is 0.0440. The van der Waals surface area contributed by atoms with Gasteiger partial charge in [-0.2, -0.15) is 13.2 Å². The van der Waals surface area contributed by atoms with Crippen LogP contribution in [0.1, 0.15) is 78.8 Å². The van der Waals surface area contributed by atoms with Gasteiger partial charge in [0.25, 0.3) is 5.91 Å². The van der Waals surface area contributed by atoms with Gasteiger partial charge in [-0.3, -0.25) is 15.1 Å². The maximum absolute atomic E-state index is 13.3. The Hall–Kier alpha value is -2.48. The first kappa shape index (κ1) is 23.2. The summed E-state index contributed by atoms with van der Waals surface area (Å²) in [6, 6.07) is 6.97. The first-order valence-electron chi connectivity index (χ1n) is 10.6. The van der Waals surface area contributed by atoms with Gasteiger partial charge in [0.15, 0.2) is 5.11 Å². The quantitative estimate of drug-likeness (QED) is 0.529. The van der Waals surface area contributed by atoms with Crippen LogP contribution < -0.4 is 10.6 Å². The molecule has 0 aliphatic heterocycles. The summed E-state index contributed by atoms with van der Waals surface area (Å²) >= 11 is 5.24. The molecule has 0 bridgehead atoms. The number of benzene rings is 1. The lowest BCUT2D eigenvalue weighted by molar-refractivity contribution is -0.137. The van der Waals surface area contributed by atoms with Gasteiger partial charge in [-0.05, 0) is 60.8 Å². The fourth-order valence-electron chi connectivity index (χ4n) is 3.97. The lowest BCUT2D eigenvalue weighted by atomic mass is 9.87. The Balaban J connectivity index is 1.83. The Labute approximate surface area is 185 Å². The van der Waals surface area contributed by atoms with Crippen LogP contribution in [0.15, 0.2) is 42.7 Å². The van der Waals surface area contributed by atoms with Crippen LogP contribution >= 0.6 is 12.2 Å². The molecule has 166 valence electrons. The molecule has 0 radical (unpaired) electrons. The Morgan fingerprint density at radius 3 is 2.32 bits per heavy atom. The topological polar surface area (TPSA) is 54.0 Å². The summed E-state index contributed by atoms with van der Waals surface area (Å²) in [5.74, 6) is -0.318. The molecule has 1 aromatic carbocycles. The van der Waals surface area contributed by atoms with Crippen molar-refractivity contribution in [2.75, 3.05) is 5.32 Å². The van der Waals surface area contributed by atoms with Crippen molar-refractivity contribution in [2.24, 2.45) is 0 Å². The minimum atomic E-state index is -4.46. The number of hydrogen-bond donors (Lipinski definition) is 2. The van der Waals surface area contributed by atoms with Gasteiger partial charge in [0.1, 0.15) is 0 Å². The average molecular weight is 450 g/mol. The molecule has 0 saturated heterocycles. The Bertz CT molecular complexity index is 893. The zero-order chi connectivity index (χ0) is 22.3. The number of anilines is 1. The van der Waals surface area contributed by atoms with E-state index < -0.39 is 17.6 Å². The van der Waals surface area contributed by atoms with Crippen LogP contribution in [0, 0.1) is 0 Å².